The van der Waals surface area contributed by atoms with Gasteiger partial charge in [0, 0.05) is 11.3 Å². The summed E-state index contributed by atoms with van der Waals surface area (Å²) >= 11 is 2.39. The Morgan fingerprint density at radius 2 is 1.80 bits per heavy atom. The monoisotopic (exact) mass is 633 g/mol. The van der Waals surface area contributed by atoms with Gasteiger partial charge in [-0.25, -0.2) is 4.39 Å². The summed E-state index contributed by atoms with van der Waals surface area (Å²) in [6.45, 7) is 6.73. The molecule has 1 aliphatic rings. The number of ketones is 1. The van der Waals surface area contributed by atoms with Gasteiger partial charge in [-0.3, -0.25) is 14.5 Å². The lowest BCUT2D eigenvalue weighted by atomic mass is 9.95. The Kier molecular flexibility index (Phi) is 9.96. The standard InChI is InChI=1S/C33H32FN3O5S2/c1-4-6-17-42-25-16-15-22(18-26(25)41-5-2)28-27(29(38)21-13-11-20(3)12-14-21)30(39)31(40)37(28)32-35-36-33(44-32)43-19-23-9-7-8-10-24(23)34/h7-16,18,28,38H,4-6,17,19H2,1-3H3/b29-27+. The molecule has 228 valence electrons. The number of hydrogen-bond acceptors (Lipinski definition) is 9. The van der Waals surface area contributed by atoms with Crippen LogP contribution in [0.15, 0.2) is 76.6 Å². The number of unbranched alkanes of at least 4 members (excludes halogenated alkanes) is 1. The predicted octanol–water partition coefficient (Wildman–Crippen LogP) is 7.48. The quantitative estimate of drug-likeness (QED) is 0.0428. The number of benzene rings is 3. The van der Waals surface area contributed by atoms with Crippen molar-refractivity contribution >= 4 is 45.7 Å². The molecule has 1 N–H and O–H groups in total. The third-order valence-corrected chi connectivity index (χ3v) is 9.12. The van der Waals surface area contributed by atoms with Crippen molar-refractivity contribution in [1.82, 2.24) is 10.2 Å². The number of carbonyl (C=O) groups is 2. The second-order valence-electron chi connectivity index (χ2n) is 10.1. The number of aromatic nitrogens is 2. The van der Waals surface area contributed by atoms with Crippen LogP contribution in [-0.2, 0) is 15.3 Å². The zero-order chi connectivity index (χ0) is 31.2. The number of halogens is 1. The zero-order valence-corrected chi connectivity index (χ0v) is 26.2. The molecule has 0 aliphatic carbocycles. The molecule has 3 aromatic carbocycles. The third-order valence-electron chi connectivity index (χ3n) is 7.02. The number of aliphatic hydroxyl groups excluding tert-OH is 1. The molecule has 0 bridgehead atoms. The molecule has 0 radical (unpaired) electrons. The highest BCUT2D eigenvalue weighted by Crippen LogP contribution is 2.45. The van der Waals surface area contributed by atoms with E-state index in [0.717, 1.165) is 29.7 Å². The van der Waals surface area contributed by atoms with Gasteiger partial charge in [0.2, 0.25) is 5.13 Å². The highest BCUT2D eigenvalue weighted by Gasteiger charge is 2.48. The van der Waals surface area contributed by atoms with E-state index in [1.807, 2.05) is 26.0 Å². The number of ether oxygens (including phenoxy) is 2. The van der Waals surface area contributed by atoms with Crippen molar-refractivity contribution in [3.05, 3.63) is 100 Å². The summed E-state index contributed by atoms with van der Waals surface area (Å²) < 4.78 is 26.5. The molecule has 1 unspecified atom stereocenters. The van der Waals surface area contributed by atoms with Gasteiger partial charge in [-0.1, -0.05) is 90.5 Å². The van der Waals surface area contributed by atoms with E-state index in [2.05, 4.69) is 17.1 Å². The molecule has 0 saturated carbocycles. The van der Waals surface area contributed by atoms with Crippen LogP contribution in [0.25, 0.3) is 5.76 Å². The number of amides is 1. The average Bonchev–Trinajstić information content (AvgIpc) is 3.59. The second-order valence-corrected chi connectivity index (χ2v) is 12.3. The number of nitrogens with zero attached hydrogens (tertiary/aromatic N) is 3. The van der Waals surface area contributed by atoms with Gasteiger partial charge in [-0.05, 0) is 49.6 Å². The van der Waals surface area contributed by atoms with Crippen LogP contribution in [0.3, 0.4) is 0 Å². The smallest absolute Gasteiger partial charge is 0.301 e. The summed E-state index contributed by atoms with van der Waals surface area (Å²) in [5.74, 6) is -0.984. The predicted molar refractivity (Wildman–Crippen MR) is 170 cm³/mol. The molecule has 5 rings (SSSR count). The summed E-state index contributed by atoms with van der Waals surface area (Å²) in [6, 6.07) is 17.7. The minimum atomic E-state index is -1.02. The molecule has 4 aromatic rings. The van der Waals surface area contributed by atoms with Gasteiger partial charge in [0.05, 0.1) is 24.8 Å². The fourth-order valence-electron chi connectivity index (χ4n) is 4.73. The van der Waals surface area contributed by atoms with Crippen molar-refractivity contribution in [1.29, 1.82) is 0 Å². The van der Waals surface area contributed by atoms with Crippen LogP contribution >= 0.6 is 23.1 Å². The lowest BCUT2D eigenvalue weighted by molar-refractivity contribution is -0.132. The number of carbonyl (C=O) groups excluding carboxylic acids is 2. The Morgan fingerprint density at radius 1 is 1.02 bits per heavy atom. The van der Waals surface area contributed by atoms with Crippen molar-refractivity contribution in [3.63, 3.8) is 0 Å². The summed E-state index contributed by atoms with van der Waals surface area (Å²) in [5.41, 5.74) is 2.35. The van der Waals surface area contributed by atoms with Crippen LogP contribution in [0.2, 0.25) is 0 Å². The van der Waals surface area contributed by atoms with Crippen LogP contribution in [-0.4, -0.2) is 40.2 Å². The maximum Gasteiger partial charge on any atom is 0.301 e. The van der Waals surface area contributed by atoms with Crippen LogP contribution in [0, 0.1) is 12.7 Å². The molecule has 44 heavy (non-hydrogen) atoms. The van der Waals surface area contributed by atoms with Crippen LogP contribution in [0.1, 0.15) is 55.0 Å². The number of aryl methyl sites for hydroxylation is 1. The molecule has 11 heteroatoms. The van der Waals surface area contributed by atoms with Crippen molar-refractivity contribution in [2.75, 3.05) is 18.1 Å². The van der Waals surface area contributed by atoms with Gasteiger partial charge < -0.3 is 14.6 Å². The Morgan fingerprint density at radius 3 is 2.52 bits per heavy atom. The van der Waals surface area contributed by atoms with Crippen molar-refractivity contribution in [2.24, 2.45) is 0 Å². The first kappa shape index (κ1) is 31.2. The SMILES string of the molecule is CCCCOc1ccc(C2/C(=C(\O)c3ccc(C)cc3)C(=O)C(=O)N2c2nnc(SCc3ccccc3F)s2)cc1OCC. The molecule has 1 aliphatic heterocycles. The summed E-state index contributed by atoms with van der Waals surface area (Å²) in [5, 5.41) is 20.1. The normalized spacial score (nSPS) is 16.0. The van der Waals surface area contributed by atoms with Gasteiger partial charge in [-0.2, -0.15) is 0 Å². The first-order chi connectivity index (χ1) is 21.3. The van der Waals surface area contributed by atoms with Crippen LogP contribution in [0.4, 0.5) is 9.52 Å². The molecular formula is C33H32FN3O5S2. The van der Waals surface area contributed by atoms with Gasteiger partial charge in [0.15, 0.2) is 15.8 Å². The van der Waals surface area contributed by atoms with E-state index >= 15 is 0 Å². The van der Waals surface area contributed by atoms with Gasteiger partial charge in [0.1, 0.15) is 11.6 Å². The molecule has 2 heterocycles. The number of aliphatic hydroxyl groups is 1. The Hall–Kier alpha value is -4.22. The average molecular weight is 634 g/mol. The highest BCUT2D eigenvalue weighted by molar-refractivity contribution is 8.00. The van der Waals surface area contributed by atoms with Crippen molar-refractivity contribution < 1.29 is 28.6 Å². The topological polar surface area (TPSA) is 102 Å². The lowest BCUT2D eigenvalue weighted by Gasteiger charge is -2.23. The van der Waals surface area contributed by atoms with Crippen LogP contribution < -0.4 is 14.4 Å². The van der Waals surface area contributed by atoms with E-state index in [1.165, 1.54) is 22.7 Å². The maximum absolute atomic E-state index is 14.2. The fourth-order valence-corrected chi connectivity index (χ4v) is 6.59. The summed E-state index contributed by atoms with van der Waals surface area (Å²) in [4.78, 5) is 28.5. The number of Topliss-reactive ketones (excluding diaryl/α,β-unsaturated/α-hetero) is 1. The molecule has 1 fully saturated rings. The third kappa shape index (κ3) is 6.63. The van der Waals surface area contributed by atoms with E-state index in [4.69, 9.17) is 9.47 Å². The largest absolute Gasteiger partial charge is 0.507 e. The first-order valence-corrected chi connectivity index (χ1v) is 16.1. The zero-order valence-electron chi connectivity index (χ0n) is 24.6. The van der Waals surface area contributed by atoms with Gasteiger partial charge >= 0.3 is 5.91 Å². The fraction of sp³-hybridized carbons (Fsp3) is 0.273. The number of anilines is 1. The number of thioether (sulfide) groups is 1. The lowest BCUT2D eigenvalue weighted by Crippen LogP contribution is -2.29. The van der Waals surface area contributed by atoms with Crippen LogP contribution in [0.5, 0.6) is 11.5 Å². The minimum Gasteiger partial charge on any atom is -0.507 e. The Bertz CT molecular complexity index is 1690. The van der Waals surface area contributed by atoms with Crippen molar-refractivity contribution in [2.45, 2.75) is 49.7 Å². The Balaban J connectivity index is 1.57. The first-order valence-electron chi connectivity index (χ1n) is 14.3. The maximum atomic E-state index is 14.2. The van der Waals surface area contributed by atoms with Gasteiger partial charge in [0.25, 0.3) is 5.78 Å². The van der Waals surface area contributed by atoms with E-state index in [-0.39, 0.29) is 22.3 Å². The van der Waals surface area contributed by atoms with E-state index in [1.54, 1.807) is 48.5 Å². The van der Waals surface area contributed by atoms with E-state index < -0.39 is 17.7 Å². The molecule has 1 saturated heterocycles. The highest BCUT2D eigenvalue weighted by atomic mass is 32.2. The number of hydrogen-bond donors (Lipinski definition) is 1. The molecular weight excluding hydrogens is 602 g/mol. The van der Waals surface area contributed by atoms with E-state index in [9.17, 15) is 19.1 Å². The molecule has 1 amide bonds. The van der Waals surface area contributed by atoms with Crippen molar-refractivity contribution in [3.8, 4) is 11.5 Å². The second kappa shape index (κ2) is 14.0. The van der Waals surface area contributed by atoms with E-state index in [0.29, 0.717) is 51.5 Å². The van der Waals surface area contributed by atoms with Gasteiger partial charge in [-0.15, -0.1) is 10.2 Å². The summed E-state index contributed by atoms with van der Waals surface area (Å²) in [6.07, 6.45) is 1.84. The molecule has 8 nitrogen and oxygen atoms in total. The summed E-state index contributed by atoms with van der Waals surface area (Å²) in [7, 11) is 0. The number of rotatable bonds is 12. The Labute approximate surface area is 263 Å². The minimum absolute atomic E-state index is 0.0725. The molecule has 1 aromatic heterocycles. The molecule has 1 atom stereocenters. The molecule has 0 spiro atoms.